The van der Waals surface area contributed by atoms with E-state index in [9.17, 15) is 21.6 Å². The number of carbonyl (C=O) groups excluding carboxylic acids is 1. The van der Waals surface area contributed by atoms with Crippen LogP contribution in [-0.4, -0.2) is 29.0 Å². The fourth-order valence-electron chi connectivity index (χ4n) is 2.68. The Morgan fingerprint density at radius 1 is 0.800 bits per heavy atom. The van der Waals surface area contributed by atoms with Crippen molar-refractivity contribution in [2.24, 2.45) is 0 Å². The summed E-state index contributed by atoms with van der Waals surface area (Å²) in [7, 11) is -7.23. The summed E-state index contributed by atoms with van der Waals surface area (Å²) in [5.41, 5.74) is 1.53. The summed E-state index contributed by atoms with van der Waals surface area (Å²) in [5.74, 6) is -0.513. The van der Waals surface area contributed by atoms with Crippen LogP contribution in [0.4, 0.5) is 11.4 Å². The van der Waals surface area contributed by atoms with Crippen molar-refractivity contribution < 1.29 is 21.6 Å². The SMILES string of the molecule is Cc1ccc(NC(=O)c2cccc(S(C)(=O)=O)c2)cc1NS(=O)(=O)c1ccccc1. The Kier molecular flexibility index (Phi) is 5.95. The Balaban J connectivity index is 1.85. The van der Waals surface area contributed by atoms with E-state index in [-0.39, 0.29) is 15.4 Å². The molecular formula is C21H20N2O5S2. The minimum absolute atomic E-state index is 0.0374. The minimum atomic E-state index is -3.78. The number of benzene rings is 3. The van der Waals surface area contributed by atoms with E-state index in [1.165, 1.54) is 42.5 Å². The number of aryl methyl sites for hydroxylation is 1. The Morgan fingerprint density at radius 3 is 2.13 bits per heavy atom. The van der Waals surface area contributed by atoms with Gasteiger partial charge in [-0.2, -0.15) is 0 Å². The van der Waals surface area contributed by atoms with Gasteiger partial charge in [0.05, 0.1) is 15.5 Å². The van der Waals surface area contributed by atoms with Crippen LogP contribution in [0.3, 0.4) is 0 Å². The number of rotatable bonds is 6. The van der Waals surface area contributed by atoms with E-state index in [1.54, 1.807) is 37.3 Å². The molecule has 0 unspecified atom stereocenters. The molecule has 0 aliphatic rings. The molecule has 156 valence electrons. The summed E-state index contributed by atoms with van der Waals surface area (Å²) in [6.45, 7) is 1.74. The van der Waals surface area contributed by atoms with Gasteiger partial charge in [-0.1, -0.05) is 30.3 Å². The van der Waals surface area contributed by atoms with Crippen molar-refractivity contribution in [1.29, 1.82) is 0 Å². The number of hydrogen-bond donors (Lipinski definition) is 2. The molecule has 1 amide bonds. The van der Waals surface area contributed by atoms with Crippen molar-refractivity contribution in [3.8, 4) is 0 Å². The van der Waals surface area contributed by atoms with Crippen molar-refractivity contribution in [2.45, 2.75) is 16.7 Å². The fraction of sp³-hybridized carbons (Fsp3) is 0.0952. The average molecular weight is 445 g/mol. The summed E-state index contributed by atoms with van der Waals surface area (Å²) in [6, 6.07) is 18.4. The zero-order valence-corrected chi connectivity index (χ0v) is 17.9. The highest BCUT2D eigenvalue weighted by Crippen LogP contribution is 2.24. The number of hydrogen-bond acceptors (Lipinski definition) is 5. The molecule has 0 saturated carbocycles. The molecule has 0 fully saturated rings. The van der Waals surface area contributed by atoms with Crippen LogP contribution < -0.4 is 10.0 Å². The highest BCUT2D eigenvalue weighted by Gasteiger charge is 2.16. The number of sulfone groups is 1. The third-order valence-corrected chi connectivity index (χ3v) is 6.81. The molecule has 0 spiro atoms. The molecule has 0 aliphatic heterocycles. The van der Waals surface area contributed by atoms with Crippen LogP contribution in [0.1, 0.15) is 15.9 Å². The van der Waals surface area contributed by atoms with Crippen molar-refractivity contribution in [3.63, 3.8) is 0 Å². The second-order valence-electron chi connectivity index (χ2n) is 6.70. The average Bonchev–Trinajstić information content (AvgIpc) is 2.70. The molecule has 3 rings (SSSR count). The van der Waals surface area contributed by atoms with Crippen molar-refractivity contribution in [3.05, 3.63) is 83.9 Å². The van der Waals surface area contributed by atoms with E-state index in [0.717, 1.165) is 6.26 Å². The standard InChI is InChI=1S/C21H20N2O5S2/c1-15-11-12-17(14-20(15)23-30(27,28)18-8-4-3-5-9-18)22-21(24)16-7-6-10-19(13-16)29(2,25)26/h3-14,23H,1-2H3,(H,22,24). The molecule has 2 N–H and O–H groups in total. The Bertz CT molecular complexity index is 1300. The molecule has 3 aromatic carbocycles. The quantitative estimate of drug-likeness (QED) is 0.605. The van der Waals surface area contributed by atoms with Gasteiger partial charge in [-0.15, -0.1) is 0 Å². The maximum atomic E-state index is 12.6. The number of nitrogens with one attached hydrogen (secondary N) is 2. The third kappa shape index (κ3) is 5.05. The van der Waals surface area contributed by atoms with E-state index in [4.69, 9.17) is 0 Å². The van der Waals surface area contributed by atoms with Crippen LogP contribution in [0.5, 0.6) is 0 Å². The van der Waals surface area contributed by atoms with Gasteiger partial charge in [-0.05, 0) is 55.0 Å². The first-order chi connectivity index (χ1) is 14.1. The highest BCUT2D eigenvalue weighted by molar-refractivity contribution is 7.92. The van der Waals surface area contributed by atoms with Gasteiger partial charge in [0.2, 0.25) is 0 Å². The first-order valence-corrected chi connectivity index (χ1v) is 12.2. The topological polar surface area (TPSA) is 109 Å². The summed E-state index contributed by atoms with van der Waals surface area (Å²) in [6.07, 6.45) is 1.06. The van der Waals surface area contributed by atoms with E-state index < -0.39 is 25.8 Å². The largest absolute Gasteiger partial charge is 0.322 e. The second kappa shape index (κ2) is 8.29. The molecule has 0 aromatic heterocycles. The first kappa shape index (κ1) is 21.5. The molecular weight excluding hydrogens is 424 g/mol. The predicted octanol–water partition coefficient (Wildman–Crippen LogP) is 3.45. The van der Waals surface area contributed by atoms with Crippen LogP contribution in [0.15, 0.2) is 82.6 Å². The molecule has 0 saturated heterocycles. The van der Waals surface area contributed by atoms with Crippen LogP contribution >= 0.6 is 0 Å². The minimum Gasteiger partial charge on any atom is -0.322 e. The lowest BCUT2D eigenvalue weighted by Crippen LogP contribution is -2.15. The third-order valence-electron chi connectivity index (χ3n) is 4.32. The van der Waals surface area contributed by atoms with Crippen molar-refractivity contribution in [1.82, 2.24) is 0 Å². The van der Waals surface area contributed by atoms with Crippen LogP contribution in [0, 0.1) is 6.92 Å². The van der Waals surface area contributed by atoms with Gasteiger partial charge in [0, 0.05) is 17.5 Å². The molecule has 0 atom stereocenters. The van der Waals surface area contributed by atoms with Crippen molar-refractivity contribution in [2.75, 3.05) is 16.3 Å². The lowest BCUT2D eigenvalue weighted by molar-refractivity contribution is 0.102. The lowest BCUT2D eigenvalue weighted by atomic mass is 10.1. The Labute approximate surface area is 175 Å². The lowest BCUT2D eigenvalue weighted by Gasteiger charge is -2.13. The molecule has 0 bridgehead atoms. The van der Waals surface area contributed by atoms with Gasteiger partial charge >= 0.3 is 0 Å². The molecule has 9 heteroatoms. The summed E-state index contributed by atoms with van der Waals surface area (Å²) >= 11 is 0. The van der Waals surface area contributed by atoms with Gasteiger partial charge < -0.3 is 5.32 Å². The monoisotopic (exact) mass is 444 g/mol. The number of amides is 1. The molecule has 30 heavy (non-hydrogen) atoms. The van der Waals surface area contributed by atoms with Crippen LogP contribution in [-0.2, 0) is 19.9 Å². The second-order valence-corrected chi connectivity index (χ2v) is 10.4. The molecule has 3 aromatic rings. The maximum Gasteiger partial charge on any atom is 0.261 e. The van der Waals surface area contributed by atoms with E-state index in [0.29, 0.717) is 16.9 Å². The Hall–Kier alpha value is -3.17. The number of anilines is 2. The normalized spacial score (nSPS) is 11.7. The Morgan fingerprint density at radius 2 is 1.47 bits per heavy atom. The predicted molar refractivity (Wildman–Crippen MR) is 116 cm³/mol. The smallest absolute Gasteiger partial charge is 0.261 e. The van der Waals surface area contributed by atoms with Crippen LogP contribution in [0.2, 0.25) is 0 Å². The first-order valence-electron chi connectivity index (χ1n) is 8.86. The molecule has 0 heterocycles. The van der Waals surface area contributed by atoms with E-state index >= 15 is 0 Å². The van der Waals surface area contributed by atoms with Gasteiger partial charge in [0.1, 0.15) is 0 Å². The zero-order valence-electron chi connectivity index (χ0n) is 16.3. The van der Waals surface area contributed by atoms with Gasteiger partial charge in [-0.25, -0.2) is 16.8 Å². The zero-order chi connectivity index (χ0) is 21.9. The number of sulfonamides is 1. The summed E-state index contributed by atoms with van der Waals surface area (Å²) in [4.78, 5) is 12.7. The maximum absolute atomic E-state index is 12.6. The molecule has 0 radical (unpaired) electrons. The van der Waals surface area contributed by atoms with Gasteiger partial charge in [0.25, 0.3) is 15.9 Å². The molecule has 0 aliphatic carbocycles. The van der Waals surface area contributed by atoms with E-state index in [2.05, 4.69) is 10.0 Å². The molecule has 7 nitrogen and oxygen atoms in total. The van der Waals surface area contributed by atoms with Crippen molar-refractivity contribution >= 4 is 37.1 Å². The summed E-state index contributed by atoms with van der Waals surface area (Å²) in [5, 5.41) is 2.66. The van der Waals surface area contributed by atoms with Gasteiger partial charge in [0.15, 0.2) is 9.84 Å². The fourth-order valence-corrected chi connectivity index (χ4v) is 4.49. The summed E-state index contributed by atoms with van der Waals surface area (Å²) < 4.78 is 51.1. The van der Waals surface area contributed by atoms with Crippen LogP contribution in [0.25, 0.3) is 0 Å². The van der Waals surface area contributed by atoms with E-state index in [1.807, 2.05) is 0 Å². The highest BCUT2D eigenvalue weighted by atomic mass is 32.2. The van der Waals surface area contributed by atoms with Gasteiger partial charge in [-0.3, -0.25) is 9.52 Å². The number of carbonyl (C=O) groups is 1.